The van der Waals surface area contributed by atoms with Crippen LogP contribution in [0, 0.1) is 13.8 Å². The quantitative estimate of drug-likeness (QED) is 0.521. The second kappa shape index (κ2) is 6.12. The van der Waals surface area contributed by atoms with Crippen molar-refractivity contribution in [3.8, 4) is 0 Å². The van der Waals surface area contributed by atoms with Crippen molar-refractivity contribution in [2.75, 3.05) is 0 Å². The van der Waals surface area contributed by atoms with E-state index in [2.05, 4.69) is 11.6 Å². The van der Waals surface area contributed by atoms with Crippen LogP contribution in [-0.4, -0.2) is 23.1 Å². The molecule has 0 fully saturated rings. The molecule has 0 aliphatic rings. The molecule has 0 atom stereocenters. The highest BCUT2D eigenvalue weighted by atomic mass is 16.2. The first kappa shape index (κ1) is 17.1. The molecule has 7 heteroatoms. The summed E-state index contributed by atoms with van der Waals surface area (Å²) in [5.74, 6) is 0.627. The minimum absolute atomic E-state index is 0.224. The molecule has 0 aliphatic heterocycles. The first-order chi connectivity index (χ1) is 12.9. The van der Waals surface area contributed by atoms with Crippen LogP contribution in [0.5, 0.6) is 0 Å². The lowest BCUT2D eigenvalue weighted by atomic mass is 10.1. The van der Waals surface area contributed by atoms with Gasteiger partial charge in [-0.15, -0.1) is 6.58 Å². The van der Waals surface area contributed by atoms with Crippen molar-refractivity contribution in [3.05, 3.63) is 80.8 Å². The lowest BCUT2D eigenvalue weighted by molar-refractivity contribution is 0.656. The number of allylic oxidation sites excluding steroid dienone is 1. The normalized spacial score (nSPS) is 11.5. The van der Waals surface area contributed by atoms with E-state index in [0.717, 1.165) is 16.8 Å². The van der Waals surface area contributed by atoms with Gasteiger partial charge in [-0.25, -0.2) is 4.79 Å². The molecule has 1 aromatic carbocycles. The minimum atomic E-state index is -0.374. The van der Waals surface area contributed by atoms with E-state index in [1.807, 2.05) is 48.9 Å². The number of aryl methyl sites for hydroxylation is 3. The Kier molecular flexibility index (Phi) is 3.87. The van der Waals surface area contributed by atoms with Crippen molar-refractivity contribution in [2.45, 2.75) is 26.9 Å². The Morgan fingerprint density at radius 1 is 1.11 bits per heavy atom. The lowest BCUT2D eigenvalue weighted by Gasteiger charge is -2.08. The molecule has 0 radical (unpaired) electrons. The van der Waals surface area contributed by atoms with Crippen molar-refractivity contribution >= 4 is 16.9 Å². The predicted octanol–water partition coefficient (Wildman–Crippen LogP) is 2.00. The molecular weight excluding hydrogens is 342 g/mol. The van der Waals surface area contributed by atoms with Gasteiger partial charge in [0.15, 0.2) is 11.2 Å². The van der Waals surface area contributed by atoms with Crippen molar-refractivity contribution in [1.82, 2.24) is 23.1 Å². The Bertz CT molecular complexity index is 1300. The molecular formula is C20H21N5O2. The van der Waals surface area contributed by atoms with Gasteiger partial charge in [-0.2, -0.15) is 4.98 Å². The van der Waals surface area contributed by atoms with E-state index in [1.54, 1.807) is 17.5 Å². The molecule has 4 rings (SSSR count). The Morgan fingerprint density at radius 2 is 1.81 bits per heavy atom. The van der Waals surface area contributed by atoms with Gasteiger partial charge in [-0.1, -0.05) is 35.9 Å². The number of benzene rings is 1. The Balaban J connectivity index is 2.01. The number of hydrogen-bond donors (Lipinski definition) is 0. The average molecular weight is 363 g/mol. The molecule has 3 heterocycles. The number of fused-ring (bicyclic) bond motifs is 3. The Hall–Kier alpha value is -3.35. The highest BCUT2D eigenvalue weighted by Gasteiger charge is 2.19. The van der Waals surface area contributed by atoms with Gasteiger partial charge in [0.1, 0.15) is 0 Å². The summed E-state index contributed by atoms with van der Waals surface area (Å²) >= 11 is 0. The summed E-state index contributed by atoms with van der Waals surface area (Å²) in [6, 6.07) is 7.81. The standard InChI is InChI=1S/C20H21N5O2/c1-5-10-23-14(3)11-24-16-17(21-19(23)24)22(4)20(27)25(18(16)26)12-15-8-6-13(2)7-9-15/h5-9,11H,1,10,12H2,2-4H3. The van der Waals surface area contributed by atoms with Crippen LogP contribution in [-0.2, 0) is 20.1 Å². The number of aromatic nitrogens is 5. The van der Waals surface area contributed by atoms with Crippen LogP contribution in [0.1, 0.15) is 16.8 Å². The van der Waals surface area contributed by atoms with E-state index >= 15 is 0 Å². The summed E-state index contributed by atoms with van der Waals surface area (Å²) in [5.41, 5.74) is 3.09. The summed E-state index contributed by atoms with van der Waals surface area (Å²) in [6.07, 6.45) is 3.65. The van der Waals surface area contributed by atoms with Crippen LogP contribution < -0.4 is 11.2 Å². The second-order valence-electron chi connectivity index (χ2n) is 6.84. The molecule has 0 N–H and O–H groups in total. The Labute approximate surface area is 155 Å². The third-order valence-corrected chi connectivity index (χ3v) is 4.91. The minimum Gasteiger partial charge on any atom is -0.310 e. The molecule has 138 valence electrons. The molecule has 4 aromatic rings. The molecule has 27 heavy (non-hydrogen) atoms. The summed E-state index contributed by atoms with van der Waals surface area (Å²) < 4.78 is 6.43. The van der Waals surface area contributed by atoms with Gasteiger partial charge in [0.2, 0.25) is 5.78 Å². The van der Waals surface area contributed by atoms with Crippen LogP contribution in [0.2, 0.25) is 0 Å². The SMILES string of the molecule is C=CCn1c(C)cn2c3c(=O)n(Cc4ccc(C)cc4)c(=O)n(C)c3nc12. The molecule has 0 saturated heterocycles. The topological polar surface area (TPSA) is 66.2 Å². The van der Waals surface area contributed by atoms with Gasteiger partial charge < -0.3 is 4.57 Å². The number of imidazole rings is 2. The van der Waals surface area contributed by atoms with Crippen LogP contribution in [0.4, 0.5) is 0 Å². The fourth-order valence-electron chi connectivity index (χ4n) is 3.43. The number of nitrogens with zero attached hydrogens (tertiary/aromatic N) is 5. The zero-order chi connectivity index (χ0) is 19.3. The average Bonchev–Trinajstić information content (AvgIpc) is 3.15. The van der Waals surface area contributed by atoms with Gasteiger partial charge in [0.05, 0.1) is 6.54 Å². The number of hydrogen-bond acceptors (Lipinski definition) is 3. The molecule has 3 aromatic heterocycles. The van der Waals surface area contributed by atoms with E-state index in [9.17, 15) is 9.59 Å². The molecule has 0 amide bonds. The predicted molar refractivity (Wildman–Crippen MR) is 105 cm³/mol. The third kappa shape index (κ3) is 2.54. The highest BCUT2D eigenvalue weighted by molar-refractivity contribution is 5.75. The molecule has 0 bridgehead atoms. The zero-order valence-electron chi connectivity index (χ0n) is 15.6. The maximum Gasteiger partial charge on any atom is 0.332 e. The van der Waals surface area contributed by atoms with Crippen LogP contribution in [0.15, 0.2) is 52.7 Å². The summed E-state index contributed by atoms with van der Waals surface area (Å²) in [6.45, 7) is 8.53. The number of rotatable bonds is 4. The Morgan fingerprint density at radius 3 is 2.48 bits per heavy atom. The maximum atomic E-state index is 13.2. The fraction of sp³-hybridized carbons (Fsp3) is 0.250. The van der Waals surface area contributed by atoms with Crippen LogP contribution in [0.3, 0.4) is 0 Å². The van der Waals surface area contributed by atoms with E-state index in [0.29, 0.717) is 23.5 Å². The molecule has 7 nitrogen and oxygen atoms in total. The van der Waals surface area contributed by atoms with Crippen molar-refractivity contribution < 1.29 is 0 Å². The van der Waals surface area contributed by atoms with Crippen LogP contribution >= 0.6 is 0 Å². The molecule has 0 aliphatic carbocycles. The summed E-state index contributed by atoms with van der Waals surface area (Å²) in [5, 5.41) is 0. The zero-order valence-corrected chi connectivity index (χ0v) is 15.6. The molecule has 0 saturated carbocycles. The van der Waals surface area contributed by atoms with Gasteiger partial charge in [0, 0.05) is 25.5 Å². The smallest absolute Gasteiger partial charge is 0.310 e. The van der Waals surface area contributed by atoms with Crippen LogP contribution in [0.25, 0.3) is 16.9 Å². The van der Waals surface area contributed by atoms with Gasteiger partial charge >= 0.3 is 5.69 Å². The fourth-order valence-corrected chi connectivity index (χ4v) is 3.43. The van der Waals surface area contributed by atoms with Gasteiger partial charge in [-0.05, 0) is 19.4 Å². The third-order valence-electron chi connectivity index (χ3n) is 4.91. The highest BCUT2D eigenvalue weighted by Crippen LogP contribution is 2.16. The first-order valence-corrected chi connectivity index (χ1v) is 8.76. The summed E-state index contributed by atoms with van der Waals surface area (Å²) in [7, 11) is 1.65. The van der Waals surface area contributed by atoms with Gasteiger partial charge in [-0.3, -0.25) is 18.3 Å². The van der Waals surface area contributed by atoms with Crippen molar-refractivity contribution in [2.24, 2.45) is 7.05 Å². The van der Waals surface area contributed by atoms with E-state index < -0.39 is 0 Å². The van der Waals surface area contributed by atoms with E-state index in [-0.39, 0.29) is 17.8 Å². The first-order valence-electron chi connectivity index (χ1n) is 8.76. The van der Waals surface area contributed by atoms with Crippen molar-refractivity contribution in [3.63, 3.8) is 0 Å². The monoisotopic (exact) mass is 363 g/mol. The van der Waals surface area contributed by atoms with Gasteiger partial charge in [0.25, 0.3) is 5.56 Å². The maximum absolute atomic E-state index is 13.2. The summed E-state index contributed by atoms with van der Waals surface area (Å²) in [4.78, 5) is 30.6. The van der Waals surface area contributed by atoms with E-state index in [4.69, 9.17) is 0 Å². The lowest BCUT2D eigenvalue weighted by Crippen LogP contribution is -2.39. The second-order valence-corrected chi connectivity index (χ2v) is 6.84. The molecule has 0 unspecified atom stereocenters. The van der Waals surface area contributed by atoms with Crippen molar-refractivity contribution in [1.29, 1.82) is 0 Å². The molecule has 0 spiro atoms. The van der Waals surface area contributed by atoms with E-state index in [1.165, 1.54) is 9.13 Å². The largest absolute Gasteiger partial charge is 0.332 e.